The van der Waals surface area contributed by atoms with Crippen LogP contribution < -0.4 is 20.7 Å². The van der Waals surface area contributed by atoms with E-state index in [9.17, 15) is 4.79 Å². The van der Waals surface area contributed by atoms with E-state index in [4.69, 9.17) is 21.4 Å². The molecule has 7 heteroatoms. The number of nitrogens with one attached hydrogen (secondary N) is 3. The van der Waals surface area contributed by atoms with E-state index in [2.05, 4.69) is 16.0 Å². The maximum absolute atomic E-state index is 12.5. The Morgan fingerprint density at radius 1 is 1.04 bits per heavy atom. The number of carbonyl (C=O) groups is 1. The van der Waals surface area contributed by atoms with Gasteiger partial charge in [0.25, 0.3) is 5.91 Å². The second kappa shape index (κ2) is 8.86. The van der Waals surface area contributed by atoms with Crippen molar-refractivity contribution in [3.63, 3.8) is 0 Å². The lowest BCUT2D eigenvalue weighted by atomic mass is 10.1. The molecule has 1 aromatic heterocycles. The van der Waals surface area contributed by atoms with Crippen LogP contribution >= 0.6 is 12.2 Å². The van der Waals surface area contributed by atoms with Crippen LogP contribution in [0.1, 0.15) is 16.1 Å². The van der Waals surface area contributed by atoms with Gasteiger partial charge in [0.2, 0.25) is 0 Å². The minimum absolute atomic E-state index is 0.221. The number of benzene rings is 2. The summed E-state index contributed by atoms with van der Waals surface area (Å²) in [5.41, 5.74) is 1.91. The second-order valence-corrected chi connectivity index (χ2v) is 6.02. The van der Waals surface area contributed by atoms with Crippen molar-refractivity contribution in [3.8, 4) is 5.75 Å². The molecule has 3 rings (SSSR count). The molecule has 27 heavy (non-hydrogen) atoms. The van der Waals surface area contributed by atoms with E-state index in [0.29, 0.717) is 28.7 Å². The number of carbonyl (C=O) groups excluding carboxylic acids is 1. The molecule has 1 heterocycles. The molecule has 0 aliphatic rings. The lowest BCUT2D eigenvalue weighted by molar-refractivity contribution is 0.0949. The number of hydrogen-bond donors (Lipinski definition) is 3. The summed E-state index contributed by atoms with van der Waals surface area (Å²) < 4.78 is 10.4. The SMILES string of the molecule is COc1ccc(NC(=S)Nc2ccccc2C(=O)NCc2ccco2)cc1. The molecule has 0 spiro atoms. The Balaban J connectivity index is 1.63. The van der Waals surface area contributed by atoms with Gasteiger partial charge in [-0.05, 0) is 60.7 Å². The molecule has 6 nitrogen and oxygen atoms in total. The molecule has 1 amide bonds. The molecule has 0 atom stereocenters. The van der Waals surface area contributed by atoms with Crippen LogP contribution in [0.25, 0.3) is 0 Å². The summed E-state index contributed by atoms with van der Waals surface area (Å²) in [6.45, 7) is 0.314. The highest BCUT2D eigenvalue weighted by molar-refractivity contribution is 7.80. The molecule has 0 aliphatic carbocycles. The fourth-order valence-corrected chi connectivity index (χ4v) is 2.65. The molecule has 138 valence electrons. The highest BCUT2D eigenvalue weighted by atomic mass is 32.1. The van der Waals surface area contributed by atoms with Crippen LogP contribution in [-0.2, 0) is 6.54 Å². The van der Waals surface area contributed by atoms with Crippen LogP contribution in [0, 0.1) is 0 Å². The molecule has 0 radical (unpaired) electrons. The number of anilines is 2. The summed E-state index contributed by atoms with van der Waals surface area (Å²) in [6.07, 6.45) is 1.57. The van der Waals surface area contributed by atoms with E-state index < -0.39 is 0 Å². The van der Waals surface area contributed by atoms with Crippen molar-refractivity contribution in [3.05, 3.63) is 78.3 Å². The number of furan rings is 1. The molecule has 0 aliphatic heterocycles. The Morgan fingerprint density at radius 3 is 2.52 bits per heavy atom. The Labute approximate surface area is 162 Å². The molecule has 0 fully saturated rings. The summed E-state index contributed by atoms with van der Waals surface area (Å²) in [5, 5.41) is 9.35. The van der Waals surface area contributed by atoms with Gasteiger partial charge in [-0.2, -0.15) is 0 Å². The lowest BCUT2D eigenvalue weighted by Crippen LogP contribution is -2.26. The maximum Gasteiger partial charge on any atom is 0.253 e. The predicted octanol–water partition coefficient (Wildman–Crippen LogP) is 4.03. The van der Waals surface area contributed by atoms with Gasteiger partial charge in [-0.25, -0.2) is 0 Å². The molecule has 0 saturated heterocycles. The van der Waals surface area contributed by atoms with Gasteiger partial charge < -0.3 is 25.1 Å². The summed E-state index contributed by atoms with van der Waals surface area (Å²) in [6, 6.07) is 18.1. The van der Waals surface area contributed by atoms with Gasteiger partial charge in [0.05, 0.1) is 31.2 Å². The number of para-hydroxylation sites is 1. The van der Waals surface area contributed by atoms with Crippen LogP contribution in [0.3, 0.4) is 0 Å². The first kappa shape index (κ1) is 18.5. The number of methoxy groups -OCH3 is 1. The zero-order chi connectivity index (χ0) is 19.1. The minimum atomic E-state index is -0.221. The van der Waals surface area contributed by atoms with E-state index in [0.717, 1.165) is 11.4 Å². The van der Waals surface area contributed by atoms with Gasteiger partial charge >= 0.3 is 0 Å². The quantitative estimate of drug-likeness (QED) is 0.560. The van der Waals surface area contributed by atoms with Crippen molar-refractivity contribution in [2.45, 2.75) is 6.54 Å². The number of hydrogen-bond acceptors (Lipinski definition) is 4. The van der Waals surface area contributed by atoms with Gasteiger partial charge in [-0.3, -0.25) is 4.79 Å². The topological polar surface area (TPSA) is 75.5 Å². The van der Waals surface area contributed by atoms with E-state index in [1.807, 2.05) is 30.3 Å². The summed E-state index contributed by atoms with van der Waals surface area (Å²) >= 11 is 5.35. The van der Waals surface area contributed by atoms with Crippen molar-refractivity contribution in [2.24, 2.45) is 0 Å². The van der Waals surface area contributed by atoms with Gasteiger partial charge in [-0.1, -0.05) is 12.1 Å². The fourth-order valence-electron chi connectivity index (χ4n) is 2.42. The van der Waals surface area contributed by atoms with Crippen LogP contribution in [0.2, 0.25) is 0 Å². The highest BCUT2D eigenvalue weighted by Crippen LogP contribution is 2.18. The average Bonchev–Trinajstić information content (AvgIpc) is 3.21. The average molecular weight is 381 g/mol. The van der Waals surface area contributed by atoms with Gasteiger partial charge in [0, 0.05) is 5.69 Å². The molecule has 0 saturated carbocycles. The molecule has 3 N–H and O–H groups in total. The zero-order valence-corrected chi connectivity index (χ0v) is 15.5. The Hall–Kier alpha value is -3.32. The standard InChI is InChI=1S/C20H19N3O3S/c1-25-15-10-8-14(9-11-15)22-20(27)23-18-7-3-2-6-17(18)19(24)21-13-16-5-4-12-26-16/h2-12H,13H2,1H3,(H,21,24)(H2,22,23,27). The summed E-state index contributed by atoms with van der Waals surface area (Å²) in [4.78, 5) is 12.5. The number of rotatable bonds is 6. The van der Waals surface area contributed by atoms with E-state index >= 15 is 0 Å². The second-order valence-electron chi connectivity index (χ2n) is 5.62. The van der Waals surface area contributed by atoms with Crippen LogP contribution in [-0.4, -0.2) is 18.1 Å². The van der Waals surface area contributed by atoms with Crippen LogP contribution in [0.5, 0.6) is 5.75 Å². The predicted molar refractivity (Wildman–Crippen MR) is 109 cm³/mol. The van der Waals surface area contributed by atoms with Crippen molar-refractivity contribution < 1.29 is 13.9 Å². The molecule has 2 aromatic carbocycles. The van der Waals surface area contributed by atoms with Crippen molar-refractivity contribution >= 4 is 34.6 Å². The third-order valence-corrected chi connectivity index (χ3v) is 3.98. The smallest absolute Gasteiger partial charge is 0.253 e. The maximum atomic E-state index is 12.5. The summed E-state index contributed by atoms with van der Waals surface area (Å²) in [5.74, 6) is 1.23. The van der Waals surface area contributed by atoms with Crippen LogP contribution in [0.4, 0.5) is 11.4 Å². The molecule has 0 bridgehead atoms. The third kappa shape index (κ3) is 5.08. The number of amides is 1. The monoisotopic (exact) mass is 381 g/mol. The van der Waals surface area contributed by atoms with Crippen molar-refractivity contribution in [2.75, 3.05) is 17.7 Å². The van der Waals surface area contributed by atoms with E-state index in [-0.39, 0.29) is 5.91 Å². The van der Waals surface area contributed by atoms with Gasteiger partial charge in [0.15, 0.2) is 5.11 Å². The molecule has 0 unspecified atom stereocenters. The van der Waals surface area contributed by atoms with Gasteiger partial charge in [-0.15, -0.1) is 0 Å². The van der Waals surface area contributed by atoms with Crippen molar-refractivity contribution in [1.29, 1.82) is 0 Å². The highest BCUT2D eigenvalue weighted by Gasteiger charge is 2.12. The minimum Gasteiger partial charge on any atom is -0.497 e. The largest absolute Gasteiger partial charge is 0.497 e. The lowest BCUT2D eigenvalue weighted by Gasteiger charge is -2.14. The molecular formula is C20H19N3O3S. The Bertz CT molecular complexity index is 908. The first-order chi connectivity index (χ1) is 13.2. The van der Waals surface area contributed by atoms with Gasteiger partial charge in [0.1, 0.15) is 11.5 Å². The Morgan fingerprint density at radius 2 is 1.81 bits per heavy atom. The number of ether oxygens (including phenoxy) is 1. The normalized spacial score (nSPS) is 10.1. The molecular weight excluding hydrogens is 362 g/mol. The van der Waals surface area contributed by atoms with E-state index in [1.54, 1.807) is 43.7 Å². The Kier molecular flexibility index (Phi) is 6.06. The first-order valence-electron chi connectivity index (χ1n) is 8.27. The number of thiocarbonyl (C=S) groups is 1. The summed E-state index contributed by atoms with van der Waals surface area (Å²) in [7, 11) is 1.61. The van der Waals surface area contributed by atoms with E-state index in [1.165, 1.54) is 0 Å². The molecule has 3 aromatic rings. The third-order valence-electron chi connectivity index (χ3n) is 3.77. The first-order valence-corrected chi connectivity index (χ1v) is 8.68. The van der Waals surface area contributed by atoms with Crippen molar-refractivity contribution in [1.82, 2.24) is 5.32 Å². The zero-order valence-electron chi connectivity index (χ0n) is 14.7. The fraction of sp³-hybridized carbons (Fsp3) is 0.100. The van der Waals surface area contributed by atoms with Crippen LogP contribution in [0.15, 0.2) is 71.3 Å².